The second-order valence-corrected chi connectivity index (χ2v) is 8.88. The molecule has 3 unspecified atom stereocenters. The summed E-state index contributed by atoms with van der Waals surface area (Å²) >= 11 is 3.50. The Balaban J connectivity index is 1.53. The number of carbonyl (C=O) groups excluding carboxylic acids is 1. The zero-order valence-corrected chi connectivity index (χ0v) is 17.8. The van der Waals surface area contributed by atoms with Gasteiger partial charge in [-0.05, 0) is 51.8 Å². The molecule has 2 aliphatic heterocycles. The Bertz CT molecular complexity index is 839. The van der Waals surface area contributed by atoms with Crippen molar-refractivity contribution in [2.24, 2.45) is 0 Å². The minimum absolute atomic E-state index is 0.0247. The van der Waals surface area contributed by atoms with Crippen LogP contribution in [-0.2, 0) is 4.74 Å². The van der Waals surface area contributed by atoms with Gasteiger partial charge in [-0.3, -0.25) is 9.69 Å². The smallest absolute Gasteiger partial charge is 0.290 e. The molecule has 5 nitrogen and oxygen atoms in total. The Morgan fingerprint density at radius 1 is 1.26 bits per heavy atom. The summed E-state index contributed by atoms with van der Waals surface area (Å²) in [6, 6.07) is 6.12. The van der Waals surface area contributed by atoms with E-state index < -0.39 is 0 Å². The standard InChI is InChI=1S/C21H27BrN2O3/c1-13-10-23(11-14(2)26-13)12-17-5-4-8-24(17)21(25)20-15(3)18-9-16(22)6-7-19(18)27-20/h6-7,9,13-14,17H,4-5,8,10-12H2,1-3H3. The van der Waals surface area contributed by atoms with Crippen LogP contribution < -0.4 is 0 Å². The number of likely N-dealkylation sites (tertiary alicyclic amines) is 1. The second-order valence-electron chi connectivity index (χ2n) is 7.97. The third kappa shape index (κ3) is 3.80. The van der Waals surface area contributed by atoms with Crippen molar-refractivity contribution in [1.82, 2.24) is 9.80 Å². The highest BCUT2D eigenvalue weighted by atomic mass is 79.9. The molecule has 0 N–H and O–H groups in total. The van der Waals surface area contributed by atoms with E-state index in [2.05, 4.69) is 34.7 Å². The third-order valence-electron chi connectivity index (χ3n) is 5.69. The van der Waals surface area contributed by atoms with Crippen LogP contribution in [0.2, 0.25) is 0 Å². The van der Waals surface area contributed by atoms with Gasteiger partial charge in [-0.25, -0.2) is 0 Å². The summed E-state index contributed by atoms with van der Waals surface area (Å²) in [5.74, 6) is 0.510. The normalized spacial score (nSPS) is 26.8. The third-order valence-corrected chi connectivity index (χ3v) is 6.19. The summed E-state index contributed by atoms with van der Waals surface area (Å²) in [6.07, 6.45) is 2.60. The number of furan rings is 1. The Kier molecular flexibility index (Phi) is 5.32. The molecule has 0 saturated carbocycles. The van der Waals surface area contributed by atoms with Gasteiger partial charge in [-0.2, -0.15) is 0 Å². The molecule has 4 rings (SSSR count). The number of halogens is 1. The van der Waals surface area contributed by atoms with Gasteiger partial charge in [0, 0.05) is 47.6 Å². The Hall–Kier alpha value is -1.37. The van der Waals surface area contributed by atoms with Gasteiger partial charge in [-0.1, -0.05) is 15.9 Å². The number of fused-ring (bicyclic) bond motifs is 1. The molecule has 0 radical (unpaired) electrons. The van der Waals surface area contributed by atoms with E-state index in [9.17, 15) is 4.79 Å². The molecule has 1 aromatic heterocycles. The first kappa shape index (κ1) is 19.0. The van der Waals surface area contributed by atoms with Crippen molar-refractivity contribution in [2.45, 2.75) is 51.9 Å². The molecular formula is C21H27BrN2O3. The van der Waals surface area contributed by atoms with Gasteiger partial charge < -0.3 is 14.1 Å². The molecule has 1 amide bonds. The number of hydrogen-bond acceptors (Lipinski definition) is 4. The lowest BCUT2D eigenvalue weighted by atomic mass is 10.1. The molecule has 0 bridgehead atoms. The first-order chi connectivity index (χ1) is 12.9. The second kappa shape index (κ2) is 7.57. The van der Waals surface area contributed by atoms with Crippen LogP contribution >= 0.6 is 15.9 Å². The zero-order chi connectivity index (χ0) is 19.1. The molecule has 3 atom stereocenters. The van der Waals surface area contributed by atoms with Crippen LogP contribution in [0.5, 0.6) is 0 Å². The number of amides is 1. The summed E-state index contributed by atoms with van der Waals surface area (Å²) in [5, 5.41) is 0.999. The van der Waals surface area contributed by atoms with Gasteiger partial charge in [0.25, 0.3) is 5.91 Å². The van der Waals surface area contributed by atoms with Gasteiger partial charge in [0.05, 0.1) is 12.2 Å². The number of hydrogen-bond donors (Lipinski definition) is 0. The lowest BCUT2D eigenvalue weighted by Gasteiger charge is -2.38. The first-order valence-electron chi connectivity index (χ1n) is 9.80. The van der Waals surface area contributed by atoms with Gasteiger partial charge in [0.1, 0.15) is 5.58 Å². The predicted octanol–water partition coefficient (Wildman–Crippen LogP) is 4.22. The SMILES string of the molecule is Cc1c(C(=O)N2CCCC2CN2CC(C)OC(C)C2)oc2ccc(Br)cc12. The van der Waals surface area contributed by atoms with E-state index in [-0.39, 0.29) is 24.2 Å². The van der Waals surface area contributed by atoms with Crippen LogP contribution in [0, 0.1) is 6.92 Å². The van der Waals surface area contributed by atoms with Crippen LogP contribution in [0.1, 0.15) is 42.8 Å². The molecule has 2 aliphatic rings. The fourth-order valence-electron chi connectivity index (χ4n) is 4.55. The molecular weight excluding hydrogens is 408 g/mol. The van der Waals surface area contributed by atoms with E-state index in [1.165, 1.54) is 0 Å². The maximum atomic E-state index is 13.3. The van der Waals surface area contributed by atoms with E-state index in [1.807, 2.05) is 30.0 Å². The van der Waals surface area contributed by atoms with Crippen molar-refractivity contribution in [3.05, 3.63) is 34.0 Å². The topological polar surface area (TPSA) is 45.9 Å². The molecule has 6 heteroatoms. The molecule has 146 valence electrons. The summed E-state index contributed by atoms with van der Waals surface area (Å²) in [5.41, 5.74) is 1.70. The van der Waals surface area contributed by atoms with Gasteiger partial charge in [0.2, 0.25) is 0 Å². The monoisotopic (exact) mass is 434 g/mol. The van der Waals surface area contributed by atoms with E-state index in [1.54, 1.807) is 0 Å². The number of nitrogens with zero attached hydrogens (tertiary/aromatic N) is 2. The molecule has 0 aliphatic carbocycles. The van der Waals surface area contributed by atoms with Gasteiger partial charge >= 0.3 is 0 Å². The van der Waals surface area contributed by atoms with Crippen molar-refractivity contribution in [3.8, 4) is 0 Å². The van der Waals surface area contributed by atoms with Gasteiger partial charge in [-0.15, -0.1) is 0 Å². The minimum Gasteiger partial charge on any atom is -0.451 e. The van der Waals surface area contributed by atoms with E-state index >= 15 is 0 Å². The highest BCUT2D eigenvalue weighted by molar-refractivity contribution is 9.10. The fourth-order valence-corrected chi connectivity index (χ4v) is 4.91. The lowest BCUT2D eigenvalue weighted by Crippen LogP contribution is -2.50. The Morgan fingerprint density at radius 3 is 2.74 bits per heavy atom. The highest BCUT2D eigenvalue weighted by Crippen LogP contribution is 2.31. The number of aryl methyl sites for hydroxylation is 1. The average molecular weight is 435 g/mol. The predicted molar refractivity (Wildman–Crippen MR) is 109 cm³/mol. The number of carbonyl (C=O) groups is 1. The van der Waals surface area contributed by atoms with Crippen molar-refractivity contribution in [1.29, 1.82) is 0 Å². The maximum absolute atomic E-state index is 13.3. The van der Waals surface area contributed by atoms with Crippen LogP contribution in [-0.4, -0.2) is 60.1 Å². The lowest BCUT2D eigenvalue weighted by molar-refractivity contribution is -0.0715. The van der Waals surface area contributed by atoms with Crippen molar-refractivity contribution < 1.29 is 13.9 Å². The Labute approximate surface area is 168 Å². The Morgan fingerprint density at radius 2 is 2.00 bits per heavy atom. The molecule has 3 heterocycles. The largest absolute Gasteiger partial charge is 0.451 e. The molecule has 2 aromatic rings. The number of rotatable bonds is 3. The minimum atomic E-state index is 0.0247. The number of ether oxygens (including phenoxy) is 1. The fraction of sp³-hybridized carbons (Fsp3) is 0.571. The van der Waals surface area contributed by atoms with Crippen LogP contribution in [0.25, 0.3) is 11.0 Å². The molecule has 1 aromatic carbocycles. The summed E-state index contributed by atoms with van der Waals surface area (Å²) < 4.78 is 12.8. The molecule has 2 fully saturated rings. The number of morpholine rings is 1. The highest BCUT2D eigenvalue weighted by Gasteiger charge is 2.35. The molecule has 0 spiro atoms. The average Bonchev–Trinajstić information content (AvgIpc) is 3.18. The van der Waals surface area contributed by atoms with E-state index in [4.69, 9.17) is 9.15 Å². The maximum Gasteiger partial charge on any atom is 0.290 e. The molecule has 27 heavy (non-hydrogen) atoms. The van der Waals surface area contributed by atoms with Crippen molar-refractivity contribution in [2.75, 3.05) is 26.2 Å². The molecule has 2 saturated heterocycles. The van der Waals surface area contributed by atoms with E-state index in [0.29, 0.717) is 5.76 Å². The van der Waals surface area contributed by atoms with Crippen LogP contribution in [0.15, 0.2) is 27.1 Å². The van der Waals surface area contributed by atoms with E-state index in [0.717, 1.165) is 60.0 Å². The summed E-state index contributed by atoms with van der Waals surface area (Å²) in [7, 11) is 0. The van der Waals surface area contributed by atoms with Gasteiger partial charge in [0.15, 0.2) is 5.76 Å². The first-order valence-corrected chi connectivity index (χ1v) is 10.6. The number of benzene rings is 1. The summed E-state index contributed by atoms with van der Waals surface area (Å²) in [4.78, 5) is 17.7. The van der Waals surface area contributed by atoms with Crippen LogP contribution in [0.3, 0.4) is 0 Å². The zero-order valence-electron chi connectivity index (χ0n) is 16.2. The van der Waals surface area contributed by atoms with Crippen molar-refractivity contribution >= 4 is 32.8 Å². The summed E-state index contributed by atoms with van der Waals surface area (Å²) in [6.45, 7) is 9.79. The van der Waals surface area contributed by atoms with Crippen LogP contribution in [0.4, 0.5) is 0 Å². The quantitative estimate of drug-likeness (QED) is 0.725. The van der Waals surface area contributed by atoms with Crippen molar-refractivity contribution in [3.63, 3.8) is 0 Å².